The molecule has 0 aliphatic rings. The van der Waals surface area contributed by atoms with Crippen molar-refractivity contribution < 1.29 is 18.3 Å². The zero-order valence-electron chi connectivity index (χ0n) is 9.72. The Morgan fingerprint density at radius 2 is 1.79 bits per heavy atom. The molecule has 0 radical (unpaired) electrons. The normalized spacial score (nSPS) is 13.3. The van der Waals surface area contributed by atoms with Gasteiger partial charge in [-0.05, 0) is 12.1 Å². The number of hydrogen-bond acceptors (Lipinski definition) is 3. The van der Waals surface area contributed by atoms with E-state index in [9.17, 15) is 18.3 Å². The number of nitrogen functional groups attached to an aromatic ring is 1. The summed E-state index contributed by atoms with van der Waals surface area (Å²) < 4.78 is 38.6. The summed E-state index contributed by atoms with van der Waals surface area (Å²) in [5.74, 6) is 0. The third-order valence-electron chi connectivity index (χ3n) is 2.74. The molecule has 3 N–H and O–H groups in total. The summed E-state index contributed by atoms with van der Waals surface area (Å²) in [4.78, 5) is 3.63. The minimum Gasteiger partial charge on any atom is -0.398 e. The van der Waals surface area contributed by atoms with E-state index in [4.69, 9.17) is 5.73 Å². The van der Waals surface area contributed by atoms with Gasteiger partial charge < -0.3 is 10.8 Å². The van der Waals surface area contributed by atoms with Gasteiger partial charge in [0.05, 0.1) is 5.56 Å². The molecule has 0 spiro atoms. The van der Waals surface area contributed by atoms with Crippen molar-refractivity contribution in [3.8, 4) is 0 Å². The average Bonchev–Trinajstić information content (AvgIpc) is 2.37. The highest BCUT2D eigenvalue weighted by Gasteiger charge is 2.35. The van der Waals surface area contributed by atoms with Crippen LogP contribution >= 0.6 is 0 Å². The lowest BCUT2D eigenvalue weighted by atomic mass is 9.97. The molecule has 1 unspecified atom stereocenters. The Balaban J connectivity index is 2.51. The van der Waals surface area contributed by atoms with Gasteiger partial charge in [-0.3, -0.25) is 4.98 Å². The van der Waals surface area contributed by atoms with E-state index in [0.29, 0.717) is 0 Å². The lowest BCUT2D eigenvalue weighted by molar-refractivity contribution is -0.139. The Hall–Kier alpha value is -2.08. The van der Waals surface area contributed by atoms with Crippen molar-refractivity contribution >= 4 is 5.69 Å². The Bertz CT molecular complexity index is 584. The first-order chi connectivity index (χ1) is 8.91. The maximum Gasteiger partial charge on any atom is 0.416 e. The van der Waals surface area contributed by atoms with Gasteiger partial charge in [-0.15, -0.1) is 0 Å². The van der Waals surface area contributed by atoms with E-state index in [-0.39, 0.29) is 16.8 Å². The number of aliphatic hydroxyl groups is 1. The zero-order chi connectivity index (χ0) is 14.0. The van der Waals surface area contributed by atoms with E-state index in [0.717, 1.165) is 18.5 Å². The summed E-state index contributed by atoms with van der Waals surface area (Å²) in [6.45, 7) is 0. The second-order valence-electron chi connectivity index (χ2n) is 3.99. The molecule has 1 atom stereocenters. The minimum atomic E-state index is -4.55. The largest absolute Gasteiger partial charge is 0.416 e. The van der Waals surface area contributed by atoms with E-state index in [2.05, 4.69) is 4.98 Å². The minimum absolute atomic E-state index is 0.223. The number of alkyl halides is 3. The molecule has 1 heterocycles. The van der Waals surface area contributed by atoms with Gasteiger partial charge in [0.2, 0.25) is 0 Å². The van der Waals surface area contributed by atoms with E-state index >= 15 is 0 Å². The summed E-state index contributed by atoms with van der Waals surface area (Å²) in [6, 6.07) is 7.06. The van der Waals surface area contributed by atoms with Gasteiger partial charge in [0.1, 0.15) is 6.10 Å². The summed E-state index contributed by atoms with van der Waals surface area (Å²) in [7, 11) is 0. The Morgan fingerprint density at radius 1 is 1.11 bits per heavy atom. The van der Waals surface area contributed by atoms with Crippen LogP contribution in [0.1, 0.15) is 22.8 Å². The maximum atomic E-state index is 12.9. The van der Waals surface area contributed by atoms with Crippen molar-refractivity contribution in [3.05, 3.63) is 59.4 Å². The van der Waals surface area contributed by atoms with Crippen LogP contribution in [0.25, 0.3) is 0 Å². The molecule has 2 aromatic rings. The fourth-order valence-electron chi connectivity index (χ4n) is 1.81. The van der Waals surface area contributed by atoms with E-state index in [1.807, 2.05) is 0 Å². The molecule has 0 bridgehead atoms. The van der Waals surface area contributed by atoms with Crippen molar-refractivity contribution in [1.29, 1.82) is 0 Å². The molecule has 0 fully saturated rings. The van der Waals surface area contributed by atoms with Crippen LogP contribution in [0.15, 0.2) is 42.7 Å². The average molecular weight is 268 g/mol. The predicted octanol–water partition coefficient (Wildman–Crippen LogP) is 2.76. The van der Waals surface area contributed by atoms with Crippen molar-refractivity contribution in [3.63, 3.8) is 0 Å². The number of hydrogen-bond donors (Lipinski definition) is 2. The molecule has 1 aromatic heterocycles. The second kappa shape index (κ2) is 4.89. The highest BCUT2D eigenvalue weighted by atomic mass is 19.4. The summed E-state index contributed by atoms with van der Waals surface area (Å²) >= 11 is 0. The maximum absolute atomic E-state index is 12.9. The summed E-state index contributed by atoms with van der Waals surface area (Å²) in [5, 5.41) is 10.1. The zero-order valence-corrected chi connectivity index (χ0v) is 9.72. The number of aliphatic hydroxyl groups excluding tert-OH is 1. The molecule has 6 heteroatoms. The first-order valence-corrected chi connectivity index (χ1v) is 5.45. The number of benzene rings is 1. The number of para-hydroxylation sites is 1. The molecule has 0 aliphatic heterocycles. The second-order valence-corrected chi connectivity index (χ2v) is 3.99. The summed E-state index contributed by atoms with van der Waals surface area (Å²) in [6.07, 6.45) is -3.98. The molecule has 3 nitrogen and oxygen atoms in total. The molecule has 0 aliphatic carbocycles. The van der Waals surface area contributed by atoms with Crippen LogP contribution in [-0.2, 0) is 6.18 Å². The van der Waals surface area contributed by atoms with Crippen LogP contribution in [0.3, 0.4) is 0 Å². The predicted molar refractivity (Wildman–Crippen MR) is 64.2 cm³/mol. The van der Waals surface area contributed by atoms with E-state index in [1.165, 1.54) is 12.1 Å². The lowest BCUT2D eigenvalue weighted by Crippen LogP contribution is -2.14. The van der Waals surface area contributed by atoms with Gasteiger partial charge in [0.15, 0.2) is 0 Å². The number of halogens is 3. The summed E-state index contributed by atoms with van der Waals surface area (Å²) in [5.41, 5.74) is 4.88. The van der Waals surface area contributed by atoms with Crippen LogP contribution in [0, 0.1) is 0 Å². The molecular weight excluding hydrogens is 257 g/mol. The molecule has 0 saturated carbocycles. The van der Waals surface area contributed by atoms with Gasteiger partial charge in [-0.25, -0.2) is 0 Å². The number of nitrogens with zero attached hydrogens (tertiary/aromatic N) is 1. The van der Waals surface area contributed by atoms with E-state index < -0.39 is 17.8 Å². The smallest absolute Gasteiger partial charge is 0.398 e. The monoisotopic (exact) mass is 268 g/mol. The standard InChI is InChI=1S/C13H11F3N2O/c14-13(15,16)10-5-6-18-7-9(10)12(19)8-3-1-2-4-11(8)17/h1-7,12,19H,17H2. The van der Waals surface area contributed by atoms with Crippen molar-refractivity contribution in [1.82, 2.24) is 4.98 Å². The fraction of sp³-hybridized carbons (Fsp3) is 0.154. The third kappa shape index (κ3) is 2.68. The van der Waals surface area contributed by atoms with Gasteiger partial charge in [-0.2, -0.15) is 13.2 Å². The third-order valence-corrected chi connectivity index (χ3v) is 2.74. The van der Waals surface area contributed by atoms with Crippen LogP contribution in [0.5, 0.6) is 0 Å². The van der Waals surface area contributed by atoms with Crippen LogP contribution < -0.4 is 5.73 Å². The number of anilines is 1. The highest BCUT2D eigenvalue weighted by Crippen LogP contribution is 2.36. The van der Waals surface area contributed by atoms with Crippen molar-refractivity contribution in [2.24, 2.45) is 0 Å². The Morgan fingerprint density at radius 3 is 2.42 bits per heavy atom. The number of aromatic nitrogens is 1. The molecule has 1 aromatic carbocycles. The molecule has 19 heavy (non-hydrogen) atoms. The van der Waals surface area contributed by atoms with Crippen LogP contribution in [-0.4, -0.2) is 10.1 Å². The molecule has 0 saturated heterocycles. The number of nitrogens with two attached hydrogens (primary N) is 1. The highest BCUT2D eigenvalue weighted by molar-refractivity contribution is 5.51. The van der Waals surface area contributed by atoms with Gasteiger partial charge in [0.25, 0.3) is 0 Å². The van der Waals surface area contributed by atoms with Crippen LogP contribution in [0.4, 0.5) is 18.9 Å². The molecule has 2 rings (SSSR count). The van der Waals surface area contributed by atoms with Crippen molar-refractivity contribution in [2.75, 3.05) is 5.73 Å². The Labute approximate surface area is 107 Å². The first-order valence-electron chi connectivity index (χ1n) is 5.45. The number of pyridine rings is 1. The van der Waals surface area contributed by atoms with Gasteiger partial charge in [-0.1, -0.05) is 18.2 Å². The topological polar surface area (TPSA) is 59.1 Å². The van der Waals surface area contributed by atoms with E-state index in [1.54, 1.807) is 12.1 Å². The molecule has 100 valence electrons. The van der Waals surface area contributed by atoms with Crippen molar-refractivity contribution in [2.45, 2.75) is 12.3 Å². The molecule has 0 amide bonds. The lowest BCUT2D eigenvalue weighted by Gasteiger charge is -2.18. The molecular formula is C13H11F3N2O. The Kier molecular flexibility index (Phi) is 3.44. The SMILES string of the molecule is Nc1ccccc1C(O)c1cnccc1C(F)(F)F. The first kappa shape index (κ1) is 13.4. The van der Waals surface area contributed by atoms with Gasteiger partial charge >= 0.3 is 6.18 Å². The number of rotatable bonds is 2. The van der Waals surface area contributed by atoms with Crippen LogP contribution in [0.2, 0.25) is 0 Å². The quantitative estimate of drug-likeness (QED) is 0.823. The van der Waals surface area contributed by atoms with Gasteiger partial charge in [0, 0.05) is 29.2 Å². The fourth-order valence-corrected chi connectivity index (χ4v) is 1.81.